The van der Waals surface area contributed by atoms with Gasteiger partial charge in [0.2, 0.25) is 5.69 Å². The van der Waals surface area contributed by atoms with E-state index in [2.05, 4.69) is 5.10 Å². The SMILES string of the molecule is O=C(O)COc1cn(-c2ccccc2)nc1C(=O)O. The number of rotatable bonds is 5. The van der Waals surface area contributed by atoms with Crippen molar-refractivity contribution in [2.24, 2.45) is 0 Å². The summed E-state index contributed by atoms with van der Waals surface area (Å²) >= 11 is 0. The molecule has 0 bridgehead atoms. The lowest BCUT2D eigenvalue weighted by Gasteiger charge is -1.99. The van der Waals surface area contributed by atoms with Gasteiger partial charge < -0.3 is 14.9 Å². The summed E-state index contributed by atoms with van der Waals surface area (Å²) in [5.41, 5.74) is 0.320. The number of para-hydroxylation sites is 1. The van der Waals surface area contributed by atoms with Gasteiger partial charge in [-0.25, -0.2) is 14.3 Å². The Balaban J connectivity index is 2.35. The summed E-state index contributed by atoms with van der Waals surface area (Å²) in [6, 6.07) is 8.83. The maximum Gasteiger partial charge on any atom is 0.360 e. The average molecular weight is 262 g/mol. The van der Waals surface area contributed by atoms with Gasteiger partial charge in [-0.1, -0.05) is 18.2 Å². The highest BCUT2D eigenvalue weighted by Gasteiger charge is 2.18. The van der Waals surface area contributed by atoms with Gasteiger partial charge in [0.25, 0.3) is 0 Å². The quantitative estimate of drug-likeness (QED) is 0.834. The Kier molecular flexibility index (Phi) is 3.46. The summed E-state index contributed by atoms with van der Waals surface area (Å²) in [6.45, 7) is -0.624. The van der Waals surface area contributed by atoms with Gasteiger partial charge in [-0.2, -0.15) is 5.10 Å². The van der Waals surface area contributed by atoms with Crippen LogP contribution in [0.15, 0.2) is 36.5 Å². The van der Waals surface area contributed by atoms with Crippen LogP contribution in [0, 0.1) is 0 Å². The number of nitrogens with zero attached hydrogens (tertiary/aromatic N) is 2. The van der Waals surface area contributed by atoms with Gasteiger partial charge >= 0.3 is 11.9 Å². The van der Waals surface area contributed by atoms with Crippen LogP contribution in [0.4, 0.5) is 0 Å². The van der Waals surface area contributed by atoms with Crippen molar-refractivity contribution < 1.29 is 24.5 Å². The molecule has 0 unspecified atom stereocenters. The molecule has 0 spiro atoms. The van der Waals surface area contributed by atoms with Gasteiger partial charge in [-0.05, 0) is 12.1 Å². The fourth-order valence-electron chi connectivity index (χ4n) is 1.46. The Morgan fingerprint density at radius 3 is 2.47 bits per heavy atom. The molecule has 1 aromatic heterocycles. The van der Waals surface area contributed by atoms with E-state index in [0.717, 1.165) is 0 Å². The Labute approximate surface area is 107 Å². The molecule has 0 amide bonds. The largest absolute Gasteiger partial charge is 0.479 e. The van der Waals surface area contributed by atoms with E-state index in [4.69, 9.17) is 14.9 Å². The zero-order chi connectivity index (χ0) is 13.8. The smallest absolute Gasteiger partial charge is 0.360 e. The van der Waals surface area contributed by atoms with Crippen molar-refractivity contribution in [1.82, 2.24) is 9.78 Å². The third-order valence-electron chi connectivity index (χ3n) is 2.26. The number of carboxylic acids is 2. The Bertz CT molecular complexity index is 606. The van der Waals surface area contributed by atoms with Crippen LogP contribution in [-0.2, 0) is 4.79 Å². The monoisotopic (exact) mass is 262 g/mol. The van der Waals surface area contributed by atoms with E-state index in [9.17, 15) is 9.59 Å². The summed E-state index contributed by atoms with van der Waals surface area (Å²) < 4.78 is 6.22. The molecule has 0 atom stereocenters. The number of hydrogen-bond donors (Lipinski definition) is 2. The molecule has 98 valence electrons. The molecular weight excluding hydrogens is 252 g/mol. The number of carboxylic acid groups (broad SMARTS) is 2. The van der Waals surface area contributed by atoms with Crippen molar-refractivity contribution >= 4 is 11.9 Å². The molecule has 0 aliphatic carbocycles. The van der Waals surface area contributed by atoms with E-state index >= 15 is 0 Å². The van der Waals surface area contributed by atoms with Crippen molar-refractivity contribution in [3.63, 3.8) is 0 Å². The molecule has 0 radical (unpaired) electrons. The number of aromatic carboxylic acids is 1. The zero-order valence-electron chi connectivity index (χ0n) is 9.68. The fourth-order valence-corrected chi connectivity index (χ4v) is 1.46. The van der Waals surface area contributed by atoms with E-state index in [1.165, 1.54) is 10.9 Å². The van der Waals surface area contributed by atoms with Crippen molar-refractivity contribution in [3.05, 3.63) is 42.2 Å². The first-order valence-electron chi connectivity index (χ1n) is 5.31. The summed E-state index contributed by atoms with van der Waals surface area (Å²) in [4.78, 5) is 21.4. The van der Waals surface area contributed by atoms with E-state index in [0.29, 0.717) is 5.69 Å². The lowest BCUT2D eigenvalue weighted by atomic mass is 10.3. The maximum absolute atomic E-state index is 11.0. The van der Waals surface area contributed by atoms with Crippen molar-refractivity contribution in [2.45, 2.75) is 0 Å². The van der Waals surface area contributed by atoms with Crippen LogP contribution in [0.5, 0.6) is 5.75 Å². The minimum Gasteiger partial charge on any atom is -0.479 e. The molecule has 2 aromatic rings. The first-order valence-corrected chi connectivity index (χ1v) is 5.31. The lowest BCUT2D eigenvalue weighted by Crippen LogP contribution is -2.11. The highest BCUT2D eigenvalue weighted by molar-refractivity contribution is 5.88. The predicted octanol–water partition coefficient (Wildman–Crippen LogP) is 1.03. The molecule has 7 heteroatoms. The fraction of sp³-hybridized carbons (Fsp3) is 0.0833. The van der Waals surface area contributed by atoms with Crippen molar-refractivity contribution in [3.8, 4) is 11.4 Å². The highest BCUT2D eigenvalue weighted by Crippen LogP contribution is 2.19. The van der Waals surface area contributed by atoms with Crippen LogP contribution < -0.4 is 4.74 Å². The molecule has 2 N–H and O–H groups in total. The molecular formula is C12H10N2O5. The van der Waals surface area contributed by atoms with Crippen molar-refractivity contribution in [1.29, 1.82) is 0 Å². The lowest BCUT2D eigenvalue weighted by molar-refractivity contribution is -0.139. The topological polar surface area (TPSA) is 102 Å². The second-order valence-corrected chi connectivity index (χ2v) is 3.61. The first-order chi connectivity index (χ1) is 9.08. The van der Waals surface area contributed by atoms with Crippen LogP contribution in [0.3, 0.4) is 0 Å². The molecule has 0 saturated heterocycles. The van der Waals surface area contributed by atoms with E-state index in [1.807, 2.05) is 6.07 Å². The Morgan fingerprint density at radius 2 is 1.89 bits per heavy atom. The molecule has 0 fully saturated rings. The number of ether oxygens (including phenoxy) is 1. The third-order valence-corrected chi connectivity index (χ3v) is 2.26. The van der Waals surface area contributed by atoms with Crippen LogP contribution >= 0.6 is 0 Å². The maximum atomic E-state index is 11.0. The molecule has 2 rings (SSSR count). The normalized spacial score (nSPS) is 10.1. The van der Waals surface area contributed by atoms with Crippen molar-refractivity contribution in [2.75, 3.05) is 6.61 Å². The summed E-state index contributed by atoms with van der Waals surface area (Å²) in [5, 5.41) is 21.4. The summed E-state index contributed by atoms with van der Waals surface area (Å²) in [5.74, 6) is -2.56. The molecule has 0 aliphatic heterocycles. The molecule has 1 aromatic carbocycles. The number of carbonyl (C=O) groups is 2. The molecule has 7 nitrogen and oxygen atoms in total. The summed E-state index contributed by atoms with van der Waals surface area (Å²) in [6.07, 6.45) is 1.34. The van der Waals surface area contributed by atoms with Crippen LogP contribution in [-0.4, -0.2) is 38.5 Å². The second kappa shape index (κ2) is 5.21. The number of aliphatic carboxylic acids is 1. The number of hydrogen-bond acceptors (Lipinski definition) is 4. The minimum atomic E-state index is -1.28. The van der Waals surface area contributed by atoms with Gasteiger partial charge in [0.05, 0.1) is 11.9 Å². The van der Waals surface area contributed by atoms with Gasteiger partial charge in [0, 0.05) is 0 Å². The number of aromatic nitrogens is 2. The molecule has 0 aliphatic rings. The second-order valence-electron chi connectivity index (χ2n) is 3.61. The van der Waals surface area contributed by atoms with Gasteiger partial charge in [0.15, 0.2) is 12.4 Å². The van der Waals surface area contributed by atoms with E-state index in [1.54, 1.807) is 24.3 Å². The van der Waals surface area contributed by atoms with Crippen LogP contribution in [0.25, 0.3) is 5.69 Å². The van der Waals surface area contributed by atoms with Crippen LogP contribution in [0.1, 0.15) is 10.5 Å². The van der Waals surface area contributed by atoms with Crippen LogP contribution in [0.2, 0.25) is 0 Å². The third kappa shape index (κ3) is 2.89. The van der Waals surface area contributed by atoms with Gasteiger partial charge in [-0.15, -0.1) is 0 Å². The van der Waals surface area contributed by atoms with Gasteiger partial charge in [0.1, 0.15) is 0 Å². The van der Waals surface area contributed by atoms with E-state index < -0.39 is 18.5 Å². The molecule has 19 heavy (non-hydrogen) atoms. The minimum absolute atomic E-state index is 0.0845. The molecule has 1 heterocycles. The van der Waals surface area contributed by atoms with E-state index in [-0.39, 0.29) is 11.4 Å². The average Bonchev–Trinajstić information content (AvgIpc) is 2.81. The first kappa shape index (κ1) is 12.6. The summed E-state index contributed by atoms with van der Waals surface area (Å²) in [7, 11) is 0. The zero-order valence-corrected chi connectivity index (χ0v) is 9.68. The molecule has 0 saturated carbocycles. The Morgan fingerprint density at radius 1 is 1.21 bits per heavy atom. The Hall–Kier alpha value is -2.83. The standard InChI is InChI=1S/C12H10N2O5/c15-10(16)7-19-9-6-14(13-11(9)12(17)18)8-4-2-1-3-5-8/h1-6H,7H2,(H,15,16)(H,17,18). The van der Waals surface area contributed by atoms with Gasteiger partial charge in [-0.3, -0.25) is 0 Å². The number of benzene rings is 1. The highest BCUT2D eigenvalue weighted by atomic mass is 16.5. The predicted molar refractivity (Wildman–Crippen MR) is 63.7 cm³/mol.